The molecule has 3 heterocycles. The number of hydrogen-bond donors (Lipinski definition) is 0. The molecule has 0 atom stereocenters. The van der Waals surface area contributed by atoms with E-state index in [-0.39, 0.29) is 0 Å². The van der Waals surface area contributed by atoms with E-state index in [1.807, 2.05) is 17.1 Å². The minimum atomic E-state index is 0.535. The van der Waals surface area contributed by atoms with Crippen molar-refractivity contribution in [1.82, 2.24) is 34.7 Å². The molecule has 2 aliphatic rings. The number of likely N-dealkylation sites (tertiary alicyclic amines) is 1. The highest BCUT2D eigenvalue weighted by Crippen LogP contribution is 2.35. The van der Waals surface area contributed by atoms with E-state index in [4.69, 9.17) is 0 Å². The predicted octanol–water partition coefficient (Wildman–Crippen LogP) is 2.19. The number of benzene rings is 1. The normalized spacial score (nSPS) is 20.0. The predicted molar refractivity (Wildman–Crippen MR) is 89.4 cm³/mol. The highest BCUT2D eigenvalue weighted by Gasteiger charge is 2.29. The molecule has 5 rings (SSSR count). The Labute approximate surface area is 140 Å². The summed E-state index contributed by atoms with van der Waals surface area (Å²) < 4.78 is 4.37. The maximum absolute atomic E-state index is 4.53. The molecule has 0 spiro atoms. The average molecular weight is 323 g/mol. The Bertz CT molecular complexity index is 839. The van der Waals surface area contributed by atoms with E-state index in [1.54, 1.807) is 0 Å². The van der Waals surface area contributed by atoms with Gasteiger partial charge in [0, 0.05) is 19.1 Å². The van der Waals surface area contributed by atoms with E-state index in [2.05, 4.69) is 48.2 Å². The Morgan fingerprint density at radius 2 is 1.83 bits per heavy atom. The first-order valence-electron chi connectivity index (χ1n) is 8.79. The van der Waals surface area contributed by atoms with Crippen LogP contribution in [-0.4, -0.2) is 47.7 Å². The fraction of sp³-hybridized carbons (Fsp3) is 0.529. The molecule has 1 aliphatic carbocycles. The van der Waals surface area contributed by atoms with Crippen molar-refractivity contribution < 1.29 is 0 Å². The first-order valence-corrected chi connectivity index (χ1v) is 8.79. The number of aromatic nitrogens is 6. The van der Waals surface area contributed by atoms with Crippen LogP contribution in [-0.2, 0) is 6.54 Å². The van der Waals surface area contributed by atoms with Gasteiger partial charge in [0.05, 0.1) is 29.9 Å². The summed E-state index contributed by atoms with van der Waals surface area (Å²) >= 11 is 0. The van der Waals surface area contributed by atoms with Crippen molar-refractivity contribution in [3.8, 4) is 0 Å². The molecule has 7 nitrogen and oxygen atoms in total. The number of tetrazole rings is 1. The van der Waals surface area contributed by atoms with Gasteiger partial charge in [-0.1, -0.05) is 12.1 Å². The summed E-state index contributed by atoms with van der Waals surface area (Å²) in [4.78, 5) is 7.00. The van der Waals surface area contributed by atoms with Crippen molar-refractivity contribution in [2.24, 2.45) is 0 Å². The lowest BCUT2D eigenvalue weighted by Crippen LogP contribution is -2.35. The lowest BCUT2D eigenvalue weighted by molar-refractivity contribution is 0.175. The van der Waals surface area contributed by atoms with E-state index in [9.17, 15) is 0 Å². The third kappa shape index (κ3) is 2.49. The largest absolute Gasteiger partial charge is 0.327 e. The lowest BCUT2D eigenvalue weighted by atomic mass is 10.0. The Morgan fingerprint density at radius 3 is 2.67 bits per heavy atom. The van der Waals surface area contributed by atoms with Gasteiger partial charge < -0.3 is 4.57 Å². The number of nitrogens with zero attached hydrogens (tertiary/aromatic N) is 7. The molecule has 124 valence electrons. The summed E-state index contributed by atoms with van der Waals surface area (Å²) in [5.74, 6) is 1.02. The number of para-hydroxylation sites is 2. The van der Waals surface area contributed by atoms with Crippen LogP contribution in [0.5, 0.6) is 0 Å². The second-order valence-electron chi connectivity index (χ2n) is 6.92. The Balaban J connectivity index is 1.26. The SMILES string of the molecule is c1ccc2c(c1)ncn2C1CCN(Cc2nnnn2C2CC2)CC1. The van der Waals surface area contributed by atoms with Crippen LogP contribution in [0, 0.1) is 0 Å². The molecule has 0 radical (unpaired) electrons. The molecule has 0 bridgehead atoms. The van der Waals surface area contributed by atoms with Gasteiger partial charge in [-0.2, -0.15) is 0 Å². The summed E-state index contributed by atoms with van der Waals surface area (Å²) in [5, 5.41) is 12.2. The standard InChI is InChI=1S/C17H21N7/c1-2-4-16-15(3-1)18-12-23(16)13-7-9-22(10-8-13)11-17-19-20-21-24(17)14-5-6-14/h1-4,12-14H,5-11H2. The second-order valence-corrected chi connectivity index (χ2v) is 6.92. The van der Waals surface area contributed by atoms with Crippen molar-refractivity contribution in [3.63, 3.8) is 0 Å². The molecular weight excluding hydrogens is 302 g/mol. The highest BCUT2D eigenvalue weighted by molar-refractivity contribution is 5.75. The zero-order valence-electron chi connectivity index (χ0n) is 13.6. The van der Waals surface area contributed by atoms with Crippen molar-refractivity contribution >= 4 is 11.0 Å². The monoisotopic (exact) mass is 323 g/mol. The first kappa shape index (κ1) is 14.1. The maximum atomic E-state index is 4.53. The van der Waals surface area contributed by atoms with Gasteiger partial charge in [0.15, 0.2) is 5.82 Å². The Morgan fingerprint density at radius 1 is 1.00 bits per heavy atom. The van der Waals surface area contributed by atoms with E-state index in [1.165, 1.54) is 18.4 Å². The van der Waals surface area contributed by atoms with Gasteiger partial charge in [0.2, 0.25) is 0 Å². The van der Waals surface area contributed by atoms with Crippen molar-refractivity contribution in [2.45, 2.75) is 44.3 Å². The van der Waals surface area contributed by atoms with Crippen molar-refractivity contribution in [2.75, 3.05) is 13.1 Å². The number of imidazole rings is 1. The van der Waals surface area contributed by atoms with Crippen LogP contribution >= 0.6 is 0 Å². The fourth-order valence-electron chi connectivity index (χ4n) is 3.74. The van der Waals surface area contributed by atoms with E-state index in [0.717, 1.165) is 43.8 Å². The van der Waals surface area contributed by atoms with Crippen molar-refractivity contribution in [3.05, 3.63) is 36.4 Å². The Kier molecular flexibility index (Phi) is 3.33. The molecule has 1 saturated heterocycles. The van der Waals surface area contributed by atoms with Crippen LogP contribution in [0.25, 0.3) is 11.0 Å². The molecule has 0 unspecified atom stereocenters. The van der Waals surface area contributed by atoms with E-state index in [0.29, 0.717) is 12.1 Å². The van der Waals surface area contributed by atoms with Gasteiger partial charge in [-0.3, -0.25) is 4.90 Å². The van der Waals surface area contributed by atoms with Crippen LogP contribution < -0.4 is 0 Å². The summed E-state index contributed by atoms with van der Waals surface area (Å²) in [6, 6.07) is 9.47. The third-order valence-electron chi connectivity index (χ3n) is 5.25. The van der Waals surface area contributed by atoms with Gasteiger partial charge in [0.1, 0.15) is 0 Å². The number of piperidine rings is 1. The minimum Gasteiger partial charge on any atom is -0.327 e. The average Bonchev–Trinajstić information content (AvgIpc) is 3.21. The van der Waals surface area contributed by atoms with Crippen LogP contribution in [0.2, 0.25) is 0 Å². The molecular formula is C17H21N7. The number of fused-ring (bicyclic) bond motifs is 1. The molecule has 2 fully saturated rings. The van der Waals surface area contributed by atoms with Gasteiger partial charge >= 0.3 is 0 Å². The van der Waals surface area contributed by atoms with E-state index < -0.39 is 0 Å². The van der Waals surface area contributed by atoms with E-state index >= 15 is 0 Å². The fourth-order valence-corrected chi connectivity index (χ4v) is 3.74. The summed E-state index contributed by atoms with van der Waals surface area (Å²) in [7, 11) is 0. The molecule has 24 heavy (non-hydrogen) atoms. The molecule has 1 aromatic carbocycles. The topological polar surface area (TPSA) is 64.7 Å². The van der Waals surface area contributed by atoms with Gasteiger partial charge in [0.25, 0.3) is 0 Å². The lowest BCUT2D eigenvalue weighted by Gasteiger charge is -2.32. The summed E-state index contributed by atoms with van der Waals surface area (Å²) in [5.41, 5.74) is 2.33. The smallest absolute Gasteiger partial charge is 0.165 e. The Hall–Kier alpha value is -2.28. The number of rotatable bonds is 4. The second kappa shape index (κ2) is 5.66. The van der Waals surface area contributed by atoms with Gasteiger partial charge in [-0.25, -0.2) is 9.67 Å². The molecule has 2 aromatic heterocycles. The molecule has 3 aromatic rings. The highest BCUT2D eigenvalue weighted by atomic mass is 15.6. The molecule has 0 amide bonds. The number of hydrogen-bond acceptors (Lipinski definition) is 5. The van der Waals surface area contributed by atoms with Crippen molar-refractivity contribution in [1.29, 1.82) is 0 Å². The minimum absolute atomic E-state index is 0.535. The van der Waals surface area contributed by atoms with Crippen LogP contribution in [0.3, 0.4) is 0 Å². The van der Waals surface area contributed by atoms with Gasteiger partial charge in [-0.05, 0) is 48.2 Å². The van der Waals surface area contributed by atoms with Crippen LogP contribution in [0.4, 0.5) is 0 Å². The summed E-state index contributed by atoms with van der Waals surface area (Å²) in [6.45, 7) is 3.02. The maximum Gasteiger partial charge on any atom is 0.165 e. The quantitative estimate of drug-likeness (QED) is 0.736. The molecule has 1 aliphatic heterocycles. The van der Waals surface area contributed by atoms with Gasteiger partial charge in [-0.15, -0.1) is 5.10 Å². The molecule has 0 N–H and O–H groups in total. The van der Waals surface area contributed by atoms with Crippen LogP contribution in [0.1, 0.15) is 43.6 Å². The van der Waals surface area contributed by atoms with Crippen LogP contribution in [0.15, 0.2) is 30.6 Å². The third-order valence-corrected chi connectivity index (χ3v) is 5.25. The zero-order valence-corrected chi connectivity index (χ0v) is 13.6. The molecule has 7 heteroatoms. The molecule has 1 saturated carbocycles. The first-order chi connectivity index (χ1) is 11.9. The zero-order chi connectivity index (χ0) is 15.9. The summed E-state index contributed by atoms with van der Waals surface area (Å²) in [6.07, 6.45) is 6.72.